The lowest BCUT2D eigenvalue weighted by atomic mass is 10.3. The maximum atomic E-state index is 12.4. The molecule has 5 heteroatoms. The van der Waals surface area contributed by atoms with Crippen molar-refractivity contribution < 1.29 is 8.42 Å². The molecule has 0 spiro atoms. The van der Waals surface area contributed by atoms with E-state index >= 15 is 0 Å². The number of hydrogen-bond acceptors (Lipinski definition) is 3. The second kappa shape index (κ2) is 6.71. The summed E-state index contributed by atoms with van der Waals surface area (Å²) in [6.07, 6.45) is 4.08. The van der Waals surface area contributed by atoms with Crippen molar-refractivity contribution in [2.75, 3.05) is 19.6 Å². The van der Waals surface area contributed by atoms with Crippen LogP contribution in [0.15, 0.2) is 0 Å². The summed E-state index contributed by atoms with van der Waals surface area (Å²) < 4.78 is 26.6. The van der Waals surface area contributed by atoms with Gasteiger partial charge in [-0.2, -0.15) is 4.31 Å². The van der Waals surface area contributed by atoms with Gasteiger partial charge in [-0.25, -0.2) is 8.42 Å². The van der Waals surface area contributed by atoms with Crippen LogP contribution in [-0.2, 0) is 10.0 Å². The monoisotopic (exact) mass is 262 g/mol. The Kier molecular flexibility index (Phi) is 5.89. The molecular weight excluding hydrogens is 236 g/mol. The zero-order chi connectivity index (χ0) is 12.9. The second-order valence-electron chi connectivity index (χ2n) is 4.86. The molecular formula is C12H26N2O2S. The van der Waals surface area contributed by atoms with Gasteiger partial charge in [0.05, 0.1) is 5.25 Å². The van der Waals surface area contributed by atoms with E-state index in [0.717, 1.165) is 32.2 Å². The first-order valence-corrected chi connectivity index (χ1v) is 8.25. The summed E-state index contributed by atoms with van der Waals surface area (Å²) in [7, 11) is -3.11. The Labute approximate surface area is 106 Å². The molecule has 1 aliphatic rings. The molecule has 17 heavy (non-hydrogen) atoms. The summed E-state index contributed by atoms with van der Waals surface area (Å²) in [6, 6.07) is 0.288. The van der Waals surface area contributed by atoms with Crippen molar-refractivity contribution in [2.45, 2.75) is 57.7 Å². The predicted octanol–water partition coefficient (Wildman–Crippen LogP) is 1.58. The Morgan fingerprint density at radius 3 is 2.47 bits per heavy atom. The minimum Gasteiger partial charge on any atom is -0.316 e. The highest BCUT2D eigenvalue weighted by Gasteiger charge is 2.38. The van der Waals surface area contributed by atoms with E-state index in [2.05, 4.69) is 12.2 Å². The van der Waals surface area contributed by atoms with Crippen molar-refractivity contribution in [1.82, 2.24) is 9.62 Å². The summed E-state index contributed by atoms with van der Waals surface area (Å²) in [6.45, 7) is 7.96. The lowest BCUT2D eigenvalue weighted by Gasteiger charge is -2.25. The first-order valence-electron chi connectivity index (χ1n) is 6.75. The molecule has 0 aromatic rings. The zero-order valence-corrected chi connectivity index (χ0v) is 12.1. The van der Waals surface area contributed by atoms with Gasteiger partial charge >= 0.3 is 0 Å². The molecule has 0 aromatic carbocycles. The van der Waals surface area contributed by atoms with Crippen LogP contribution in [0.2, 0.25) is 0 Å². The molecule has 0 heterocycles. The minimum atomic E-state index is -3.11. The Hall–Kier alpha value is -0.130. The number of nitrogens with zero attached hydrogens (tertiary/aromatic N) is 1. The van der Waals surface area contributed by atoms with Crippen LogP contribution in [0, 0.1) is 0 Å². The third kappa shape index (κ3) is 4.23. The first-order chi connectivity index (χ1) is 8.04. The molecule has 1 rings (SSSR count). The Bertz CT molecular complexity index is 312. The Balaban J connectivity index is 2.62. The van der Waals surface area contributed by atoms with Gasteiger partial charge in [-0.3, -0.25) is 0 Å². The Morgan fingerprint density at radius 1 is 1.35 bits per heavy atom. The highest BCUT2D eigenvalue weighted by atomic mass is 32.2. The molecule has 102 valence electrons. The predicted molar refractivity (Wildman–Crippen MR) is 71.6 cm³/mol. The van der Waals surface area contributed by atoms with Gasteiger partial charge in [0.1, 0.15) is 0 Å². The lowest BCUT2D eigenvalue weighted by Crippen LogP contribution is -2.43. The van der Waals surface area contributed by atoms with Gasteiger partial charge in [0, 0.05) is 19.1 Å². The number of sulfonamides is 1. The van der Waals surface area contributed by atoms with Gasteiger partial charge in [-0.15, -0.1) is 0 Å². The third-order valence-corrected chi connectivity index (χ3v) is 5.52. The number of hydrogen-bond donors (Lipinski definition) is 1. The van der Waals surface area contributed by atoms with Crippen molar-refractivity contribution in [3.05, 3.63) is 0 Å². The molecule has 0 aliphatic heterocycles. The van der Waals surface area contributed by atoms with Crippen molar-refractivity contribution in [3.63, 3.8) is 0 Å². The van der Waals surface area contributed by atoms with Gasteiger partial charge in [0.25, 0.3) is 0 Å². The lowest BCUT2D eigenvalue weighted by molar-refractivity contribution is 0.388. The van der Waals surface area contributed by atoms with Crippen molar-refractivity contribution in [3.8, 4) is 0 Å². The van der Waals surface area contributed by atoms with Crippen LogP contribution in [0.5, 0.6) is 0 Å². The number of unbranched alkanes of at least 4 members (excludes halogenated alkanes) is 1. The van der Waals surface area contributed by atoms with E-state index in [0.29, 0.717) is 13.1 Å². The fraction of sp³-hybridized carbons (Fsp3) is 1.00. The Morgan fingerprint density at radius 2 is 2.00 bits per heavy atom. The van der Waals surface area contributed by atoms with Crippen LogP contribution in [0.3, 0.4) is 0 Å². The van der Waals surface area contributed by atoms with Crippen LogP contribution < -0.4 is 5.32 Å². The third-order valence-electron chi connectivity index (χ3n) is 3.20. The fourth-order valence-corrected chi connectivity index (χ4v) is 3.68. The van der Waals surface area contributed by atoms with Gasteiger partial charge < -0.3 is 5.32 Å². The van der Waals surface area contributed by atoms with Crippen molar-refractivity contribution >= 4 is 10.0 Å². The van der Waals surface area contributed by atoms with Crippen molar-refractivity contribution in [2.24, 2.45) is 0 Å². The van der Waals surface area contributed by atoms with Crippen LogP contribution in [0.4, 0.5) is 0 Å². The highest BCUT2D eigenvalue weighted by Crippen LogP contribution is 2.30. The molecule has 1 saturated carbocycles. The highest BCUT2D eigenvalue weighted by molar-refractivity contribution is 7.89. The molecule has 0 saturated heterocycles. The molecule has 0 radical (unpaired) electrons. The maximum absolute atomic E-state index is 12.4. The van der Waals surface area contributed by atoms with Crippen LogP contribution in [0.25, 0.3) is 0 Å². The molecule has 1 atom stereocenters. The quantitative estimate of drug-likeness (QED) is 0.686. The van der Waals surface area contributed by atoms with Gasteiger partial charge in [-0.1, -0.05) is 20.3 Å². The average Bonchev–Trinajstić information content (AvgIpc) is 3.10. The normalized spacial score (nSPS) is 18.6. The fourth-order valence-electron chi connectivity index (χ4n) is 1.88. The van der Waals surface area contributed by atoms with E-state index < -0.39 is 10.0 Å². The van der Waals surface area contributed by atoms with E-state index in [1.54, 1.807) is 11.2 Å². The average molecular weight is 262 g/mol. The molecule has 1 N–H and O–H groups in total. The number of rotatable bonds is 9. The molecule has 1 aliphatic carbocycles. The van der Waals surface area contributed by atoms with Gasteiger partial charge in [0.15, 0.2) is 0 Å². The first kappa shape index (κ1) is 14.9. The second-order valence-corrected chi connectivity index (χ2v) is 7.16. The summed E-state index contributed by atoms with van der Waals surface area (Å²) in [5.74, 6) is 0. The van der Waals surface area contributed by atoms with Gasteiger partial charge in [-0.05, 0) is 32.7 Å². The van der Waals surface area contributed by atoms with E-state index in [9.17, 15) is 8.42 Å². The van der Waals surface area contributed by atoms with E-state index in [4.69, 9.17) is 0 Å². The smallest absolute Gasteiger partial charge is 0.218 e. The molecule has 0 amide bonds. The molecule has 0 aromatic heterocycles. The summed E-state index contributed by atoms with van der Waals surface area (Å²) in [5, 5.41) is 2.80. The van der Waals surface area contributed by atoms with E-state index in [-0.39, 0.29) is 11.3 Å². The summed E-state index contributed by atoms with van der Waals surface area (Å²) in [5.41, 5.74) is 0. The van der Waals surface area contributed by atoms with E-state index in [1.165, 1.54) is 0 Å². The minimum absolute atomic E-state index is 0.288. The standard InChI is InChI=1S/C12H26N2O2S/c1-4-6-9-14(12-7-8-12)17(15,16)11(3)10-13-5-2/h11-13H,4-10H2,1-3H3. The number of nitrogens with one attached hydrogen (secondary N) is 1. The molecule has 1 unspecified atom stereocenters. The van der Waals surface area contributed by atoms with Crippen LogP contribution >= 0.6 is 0 Å². The molecule has 4 nitrogen and oxygen atoms in total. The summed E-state index contributed by atoms with van der Waals surface area (Å²) >= 11 is 0. The zero-order valence-electron chi connectivity index (χ0n) is 11.3. The van der Waals surface area contributed by atoms with Crippen molar-refractivity contribution in [1.29, 1.82) is 0 Å². The molecule has 1 fully saturated rings. The molecule has 0 bridgehead atoms. The SMILES string of the molecule is CCCCN(C1CC1)S(=O)(=O)C(C)CNCC. The van der Waals surface area contributed by atoms with Gasteiger partial charge in [0.2, 0.25) is 10.0 Å². The van der Waals surface area contributed by atoms with E-state index in [1.807, 2.05) is 6.92 Å². The maximum Gasteiger partial charge on any atom is 0.218 e. The summed E-state index contributed by atoms with van der Waals surface area (Å²) in [4.78, 5) is 0. The van der Waals surface area contributed by atoms with Crippen LogP contribution in [0.1, 0.15) is 46.5 Å². The van der Waals surface area contributed by atoms with Crippen LogP contribution in [-0.4, -0.2) is 43.6 Å². The largest absolute Gasteiger partial charge is 0.316 e. The topological polar surface area (TPSA) is 49.4 Å².